The zero-order valence-corrected chi connectivity index (χ0v) is 8.80. The Labute approximate surface area is 90.6 Å². The van der Waals surface area contributed by atoms with Crippen molar-refractivity contribution >= 4 is 29.2 Å². The number of carboxylic acid groups (broad SMARTS) is 1. The molecule has 3 N–H and O–H groups in total. The lowest BCUT2D eigenvalue weighted by atomic mass is 9.95. The lowest BCUT2D eigenvalue weighted by Crippen LogP contribution is -2.41. The number of nitrogens with zero attached hydrogens (tertiary/aromatic N) is 1. The molecule has 0 spiro atoms. The van der Waals surface area contributed by atoms with Crippen molar-refractivity contribution < 1.29 is 9.90 Å². The molecule has 0 aliphatic rings. The van der Waals surface area contributed by atoms with Gasteiger partial charge in [-0.1, -0.05) is 23.2 Å². The minimum Gasteiger partial charge on any atom is -0.480 e. The fourth-order valence-electron chi connectivity index (χ4n) is 0.829. The summed E-state index contributed by atoms with van der Waals surface area (Å²) < 4.78 is 0. The molecule has 0 unspecified atom stereocenters. The Morgan fingerprint density at radius 2 is 2.21 bits per heavy atom. The van der Waals surface area contributed by atoms with Crippen LogP contribution in [-0.2, 0) is 10.3 Å². The van der Waals surface area contributed by atoms with Gasteiger partial charge in [0.05, 0.1) is 5.02 Å². The molecule has 0 aliphatic carbocycles. The van der Waals surface area contributed by atoms with Gasteiger partial charge >= 0.3 is 5.97 Å². The first kappa shape index (κ1) is 11.2. The van der Waals surface area contributed by atoms with Crippen molar-refractivity contribution in [3.05, 3.63) is 28.0 Å². The van der Waals surface area contributed by atoms with Gasteiger partial charge in [-0.05, 0) is 13.0 Å². The van der Waals surface area contributed by atoms with Gasteiger partial charge in [-0.2, -0.15) is 0 Å². The molecule has 0 saturated carbocycles. The summed E-state index contributed by atoms with van der Waals surface area (Å²) in [5.41, 5.74) is 4.35. The molecule has 0 fully saturated rings. The van der Waals surface area contributed by atoms with E-state index in [4.69, 9.17) is 34.0 Å². The van der Waals surface area contributed by atoms with Crippen LogP contribution in [0.25, 0.3) is 0 Å². The van der Waals surface area contributed by atoms with Crippen LogP contribution in [0.4, 0.5) is 0 Å². The highest BCUT2D eigenvalue weighted by Gasteiger charge is 2.31. The van der Waals surface area contributed by atoms with Crippen molar-refractivity contribution in [3.8, 4) is 0 Å². The van der Waals surface area contributed by atoms with E-state index in [-0.39, 0.29) is 10.2 Å². The predicted molar refractivity (Wildman–Crippen MR) is 53.4 cm³/mol. The third kappa shape index (κ3) is 1.97. The summed E-state index contributed by atoms with van der Waals surface area (Å²) in [6.07, 6.45) is 1.29. The molecule has 1 heterocycles. The molecule has 0 radical (unpaired) electrons. The lowest BCUT2D eigenvalue weighted by molar-refractivity contribution is -0.143. The van der Waals surface area contributed by atoms with Crippen molar-refractivity contribution in [2.45, 2.75) is 12.5 Å². The van der Waals surface area contributed by atoms with E-state index in [0.717, 1.165) is 0 Å². The van der Waals surface area contributed by atoms with E-state index in [0.29, 0.717) is 5.56 Å². The summed E-state index contributed by atoms with van der Waals surface area (Å²) in [6.45, 7) is 1.36. The van der Waals surface area contributed by atoms with Gasteiger partial charge in [-0.25, -0.2) is 9.78 Å². The van der Waals surface area contributed by atoms with Gasteiger partial charge in [-0.15, -0.1) is 0 Å². The Bertz CT molecular complexity index is 380. The molecule has 14 heavy (non-hydrogen) atoms. The van der Waals surface area contributed by atoms with Gasteiger partial charge in [0.25, 0.3) is 0 Å². The van der Waals surface area contributed by atoms with Gasteiger partial charge < -0.3 is 10.8 Å². The second-order valence-corrected chi connectivity index (χ2v) is 3.77. The molecule has 1 atom stereocenters. The van der Waals surface area contributed by atoms with E-state index in [2.05, 4.69) is 4.98 Å². The van der Waals surface area contributed by atoms with Crippen LogP contribution in [0.3, 0.4) is 0 Å². The van der Waals surface area contributed by atoms with Crippen LogP contribution < -0.4 is 5.73 Å². The standard InChI is InChI=1S/C8H8Cl2N2O2/c1-8(11,7(13)14)4-2-5(9)6(10)12-3-4/h2-3H,11H2,1H3,(H,13,14)/t8-/m1/s1. The third-order valence-electron chi connectivity index (χ3n) is 1.84. The molecule has 0 aromatic carbocycles. The molecular weight excluding hydrogens is 227 g/mol. The van der Waals surface area contributed by atoms with Gasteiger partial charge in [-0.3, -0.25) is 0 Å². The van der Waals surface area contributed by atoms with Crippen molar-refractivity contribution in [2.75, 3.05) is 0 Å². The van der Waals surface area contributed by atoms with E-state index in [1.807, 2.05) is 0 Å². The molecule has 1 rings (SSSR count). The van der Waals surface area contributed by atoms with E-state index in [1.165, 1.54) is 19.2 Å². The lowest BCUT2D eigenvalue weighted by Gasteiger charge is -2.19. The van der Waals surface area contributed by atoms with E-state index in [1.54, 1.807) is 0 Å². The summed E-state index contributed by atoms with van der Waals surface area (Å²) in [5.74, 6) is -1.15. The largest absolute Gasteiger partial charge is 0.480 e. The van der Waals surface area contributed by atoms with Crippen LogP contribution in [-0.4, -0.2) is 16.1 Å². The summed E-state index contributed by atoms with van der Waals surface area (Å²) in [6, 6.07) is 1.39. The van der Waals surface area contributed by atoms with Crippen LogP contribution in [0.1, 0.15) is 12.5 Å². The molecule has 0 aliphatic heterocycles. The number of pyridine rings is 1. The van der Waals surface area contributed by atoms with Gasteiger partial charge in [0.2, 0.25) is 0 Å². The highest BCUT2D eigenvalue weighted by Crippen LogP contribution is 2.25. The number of carboxylic acids is 1. The second-order valence-electron chi connectivity index (χ2n) is 3.00. The highest BCUT2D eigenvalue weighted by atomic mass is 35.5. The number of halogens is 2. The maximum absolute atomic E-state index is 10.8. The molecule has 4 nitrogen and oxygen atoms in total. The Hall–Kier alpha value is -0.840. The van der Waals surface area contributed by atoms with E-state index < -0.39 is 11.5 Å². The maximum Gasteiger partial charge on any atom is 0.328 e. The van der Waals surface area contributed by atoms with Crippen LogP contribution >= 0.6 is 23.2 Å². The number of carbonyl (C=O) groups is 1. The molecule has 6 heteroatoms. The molecule has 1 aromatic heterocycles. The van der Waals surface area contributed by atoms with Gasteiger partial charge in [0, 0.05) is 11.8 Å². The fraction of sp³-hybridized carbons (Fsp3) is 0.250. The average Bonchev–Trinajstić information content (AvgIpc) is 2.09. The number of nitrogens with two attached hydrogens (primary N) is 1. The molecule has 1 aromatic rings. The first-order chi connectivity index (χ1) is 6.35. The maximum atomic E-state index is 10.8. The number of rotatable bonds is 2. The highest BCUT2D eigenvalue weighted by molar-refractivity contribution is 6.41. The SMILES string of the molecule is C[C@](N)(C(=O)O)c1cnc(Cl)c(Cl)c1. The Kier molecular flexibility index (Phi) is 2.99. The molecule has 76 valence electrons. The van der Waals surface area contributed by atoms with Crippen LogP contribution in [0.5, 0.6) is 0 Å². The average molecular weight is 235 g/mol. The monoisotopic (exact) mass is 234 g/mol. The van der Waals surface area contributed by atoms with Gasteiger partial charge in [0.1, 0.15) is 10.7 Å². The molecule has 0 saturated heterocycles. The van der Waals surface area contributed by atoms with Crippen LogP contribution in [0.15, 0.2) is 12.3 Å². The van der Waals surface area contributed by atoms with Crippen molar-refractivity contribution in [1.29, 1.82) is 0 Å². The summed E-state index contributed by atoms with van der Waals surface area (Å²) in [5, 5.41) is 9.13. The first-order valence-electron chi connectivity index (χ1n) is 3.69. The Morgan fingerprint density at radius 3 is 2.64 bits per heavy atom. The first-order valence-corrected chi connectivity index (χ1v) is 4.45. The summed E-state index contributed by atoms with van der Waals surface area (Å²) >= 11 is 11.3. The minimum atomic E-state index is -1.51. The molecular formula is C8H8Cl2N2O2. The number of aliphatic carboxylic acids is 1. The number of hydrogen-bond donors (Lipinski definition) is 2. The van der Waals surface area contributed by atoms with Gasteiger partial charge in [0.15, 0.2) is 0 Å². The molecule has 0 amide bonds. The van der Waals surface area contributed by atoms with Crippen LogP contribution in [0.2, 0.25) is 10.2 Å². The Balaban J connectivity index is 3.21. The van der Waals surface area contributed by atoms with E-state index in [9.17, 15) is 4.79 Å². The summed E-state index contributed by atoms with van der Waals surface area (Å²) in [4.78, 5) is 14.5. The van der Waals surface area contributed by atoms with Crippen molar-refractivity contribution in [3.63, 3.8) is 0 Å². The van der Waals surface area contributed by atoms with Crippen LogP contribution in [0, 0.1) is 0 Å². The number of aromatic nitrogens is 1. The third-order valence-corrected chi connectivity index (χ3v) is 2.53. The second kappa shape index (κ2) is 3.73. The number of hydrogen-bond acceptors (Lipinski definition) is 3. The van der Waals surface area contributed by atoms with Crippen molar-refractivity contribution in [2.24, 2.45) is 5.73 Å². The van der Waals surface area contributed by atoms with E-state index >= 15 is 0 Å². The zero-order chi connectivity index (χ0) is 10.9. The smallest absolute Gasteiger partial charge is 0.328 e. The quantitative estimate of drug-likeness (QED) is 0.764. The molecule has 0 bridgehead atoms. The minimum absolute atomic E-state index is 0.122. The summed E-state index contributed by atoms with van der Waals surface area (Å²) in [7, 11) is 0. The Morgan fingerprint density at radius 1 is 1.64 bits per heavy atom. The normalized spacial score (nSPS) is 14.9. The topological polar surface area (TPSA) is 76.2 Å². The predicted octanol–water partition coefficient (Wildman–Crippen LogP) is 1.65. The fourth-order valence-corrected chi connectivity index (χ4v) is 1.10. The zero-order valence-electron chi connectivity index (χ0n) is 7.29. The van der Waals surface area contributed by atoms with Crippen molar-refractivity contribution in [1.82, 2.24) is 4.98 Å².